The second-order valence-corrected chi connectivity index (χ2v) is 18.6. The summed E-state index contributed by atoms with van der Waals surface area (Å²) in [7, 11) is -3.36. The number of hydrogen-bond acceptors (Lipinski definition) is 8. The van der Waals surface area contributed by atoms with Crippen LogP contribution in [0.2, 0.25) is 18.1 Å². The maximum Gasteiger partial charge on any atom is 0.313 e. The average Bonchev–Trinajstić information content (AvgIpc) is 2.85. The Labute approximate surface area is 244 Å². The Kier molecular flexibility index (Phi) is 11.0. The van der Waals surface area contributed by atoms with E-state index in [4.69, 9.17) is 9.16 Å². The number of methoxy groups -OCH3 is 1. The van der Waals surface area contributed by atoms with Gasteiger partial charge in [0.05, 0.1) is 30.5 Å². The van der Waals surface area contributed by atoms with Gasteiger partial charge in [-0.1, -0.05) is 34.6 Å². The zero-order valence-corrected chi connectivity index (χ0v) is 27.5. The Bertz CT molecular complexity index is 1400. The van der Waals surface area contributed by atoms with E-state index in [0.29, 0.717) is 22.5 Å². The predicted octanol–water partition coefficient (Wildman–Crippen LogP) is 5.77. The minimum atomic E-state index is -3.66. The molecule has 226 valence electrons. The van der Waals surface area contributed by atoms with Crippen LogP contribution in [-0.4, -0.2) is 58.9 Å². The van der Waals surface area contributed by atoms with Crippen LogP contribution >= 0.6 is 0 Å². The normalized spacial score (nSPS) is 12.8. The molecular formula is C29H42FN3O6SSi. The van der Waals surface area contributed by atoms with E-state index in [9.17, 15) is 22.4 Å². The van der Waals surface area contributed by atoms with Gasteiger partial charge >= 0.3 is 5.97 Å². The molecule has 0 unspecified atom stereocenters. The predicted molar refractivity (Wildman–Crippen MR) is 161 cm³/mol. The fourth-order valence-corrected chi connectivity index (χ4v) is 5.13. The van der Waals surface area contributed by atoms with Crippen molar-refractivity contribution < 1.29 is 31.6 Å². The van der Waals surface area contributed by atoms with E-state index < -0.39 is 30.1 Å². The zero-order valence-electron chi connectivity index (χ0n) is 25.7. The smallest absolute Gasteiger partial charge is 0.313 e. The highest BCUT2D eigenvalue weighted by Crippen LogP contribution is 2.38. The Balaban J connectivity index is 2.57. The molecule has 2 rings (SSSR count). The van der Waals surface area contributed by atoms with Crippen LogP contribution in [0.4, 0.5) is 10.3 Å². The molecule has 0 saturated carbocycles. The monoisotopic (exact) mass is 607 g/mol. The maximum absolute atomic E-state index is 13.7. The molecule has 9 nitrogen and oxygen atoms in total. The van der Waals surface area contributed by atoms with Crippen LogP contribution in [0.25, 0.3) is 11.3 Å². The summed E-state index contributed by atoms with van der Waals surface area (Å²) < 4.78 is 50.4. The number of esters is 1. The molecule has 0 saturated heterocycles. The Morgan fingerprint density at radius 1 is 1.12 bits per heavy atom. The fraction of sp³-hybridized carbons (Fsp3) is 0.517. The molecule has 1 aromatic heterocycles. The van der Waals surface area contributed by atoms with E-state index in [1.54, 1.807) is 12.1 Å². The number of anilines is 1. The topological polar surface area (TPSA) is 116 Å². The number of ketones is 1. The van der Waals surface area contributed by atoms with Crippen LogP contribution in [0.3, 0.4) is 0 Å². The summed E-state index contributed by atoms with van der Waals surface area (Å²) in [5.74, 6) is -1.10. The summed E-state index contributed by atoms with van der Waals surface area (Å²) >= 11 is 0. The lowest BCUT2D eigenvalue weighted by atomic mass is 9.94. The van der Waals surface area contributed by atoms with Gasteiger partial charge in [-0.05, 0) is 54.7 Å². The van der Waals surface area contributed by atoms with Crippen molar-refractivity contribution in [3.8, 4) is 11.3 Å². The number of carbonyl (C=O) groups excluding carboxylic acids is 2. The molecule has 0 amide bonds. The highest BCUT2D eigenvalue weighted by molar-refractivity contribution is 7.92. The Hall–Kier alpha value is -3.12. The number of allylic oxidation sites excluding steroid dienone is 1. The van der Waals surface area contributed by atoms with Crippen LogP contribution in [0.5, 0.6) is 0 Å². The van der Waals surface area contributed by atoms with Crippen LogP contribution in [0.15, 0.2) is 36.1 Å². The summed E-state index contributed by atoms with van der Waals surface area (Å²) in [4.78, 5) is 34.4. The van der Waals surface area contributed by atoms with Crippen molar-refractivity contribution in [3.63, 3.8) is 0 Å². The molecule has 0 atom stereocenters. The van der Waals surface area contributed by atoms with E-state index in [1.807, 2.05) is 26.9 Å². The molecule has 0 spiro atoms. The maximum atomic E-state index is 13.7. The number of aromatic nitrogens is 2. The highest BCUT2D eigenvalue weighted by atomic mass is 32.2. The Morgan fingerprint density at radius 3 is 2.20 bits per heavy atom. The van der Waals surface area contributed by atoms with Gasteiger partial charge in [0.15, 0.2) is 5.78 Å². The van der Waals surface area contributed by atoms with Crippen molar-refractivity contribution in [3.05, 3.63) is 53.2 Å². The number of ether oxygens (including phenoxy) is 1. The van der Waals surface area contributed by atoms with E-state index >= 15 is 0 Å². The van der Waals surface area contributed by atoms with E-state index in [2.05, 4.69) is 30.7 Å². The molecule has 0 bridgehead atoms. The minimum absolute atomic E-state index is 0.0198. The number of sulfonamides is 1. The molecule has 0 aliphatic heterocycles. The minimum Gasteiger partial charge on any atom is -0.546 e. The largest absolute Gasteiger partial charge is 0.546 e. The lowest BCUT2D eigenvalue weighted by molar-refractivity contribution is -0.140. The highest BCUT2D eigenvalue weighted by Gasteiger charge is 2.39. The van der Waals surface area contributed by atoms with Crippen molar-refractivity contribution in [2.45, 2.75) is 77.9 Å². The van der Waals surface area contributed by atoms with E-state index in [0.717, 1.165) is 10.6 Å². The molecule has 0 fully saturated rings. The molecule has 0 aliphatic rings. The van der Waals surface area contributed by atoms with Gasteiger partial charge in [-0.15, -0.1) is 0 Å². The van der Waals surface area contributed by atoms with Gasteiger partial charge in [0.2, 0.25) is 24.3 Å². The molecule has 1 heterocycles. The van der Waals surface area contributed by atoms with Crippen LogP contribution in [0.1, 0.15) is 64.6 Å². The van der Waals surface area contributed by atoms with Crippen molar-refractivity contribution >= 4 is 36.0 Å². The summed E-state index contributed by atoms with van der Waals surface area (Å²) in [6, 6.07) is 5.69. The molecule has 0 N–H and O–H groups in total. The molecule has 12 heteroatoms. The molecule has 0 aliphatic carbocycles. The van der Waals surface area contributed by atoms with E-state index in [1.165, 1.54) is 32.4 Å². The van der Waals surface area contributed by atoms with Gasteiger partial charge in [0.1, 0.15) is 12.2 Å². The molecule has 41 heavy (non-hydrogen) atoms. The Morgan fingerprint density at radius 2 is 1.71 bits per heavy atom. The third-order valence-electron chi connectivity index (χ3n) is 7.15. The summed E-state index contributed by atoms with van der Waals surface area (Å²) in [5.41, 5.74) is 2.20. The molecular weight excluding hydrogens is 565 g/mol. The lowest BCUT2D eigenvalue weighted by Crippen LogP contribution is -2.40. The number of benzene rings is 1. The van der Waals surface area contributed by atoms with Crippen LogP contribution in [-0.2, 0) is 35.2 Å². The van der Waals surface area contributed by atoms with Gasteiger partial charge in [0, 0.05) is 30.7 Å². The summed E-state index contributed by atoms with van der Waals surface area (Å²) in [6.45, 7) is 14.1. The van der Waals surface area contributed by atoms with Crippen molar-refractivity contribution in [1.29, 1.82) is 0 Å². The first-order valence-electron chi connectivity index (χ1n) is 13.4. The standard InChI is InChI=1S/C29H42FN3O6SSi/c1-19(2)26-24(16-15-22(34)17-23(18-25(35)38-7)39-41(9,10)29(3,4)5)27(20-11-13-21(30)14-12-20)32-28(31-26)33(6)40(8,36)37/h11-14,17,19H,15-16,18H2,1-10H3. The zero-order chi connectivity index (χ0) is 31.3. The molecule has 1 aromatic carbocycles. The van der Waals surface area contributed by atoms with Crippen molar-refractivity contribution in [1.82, 2.24) is 9.97 Å². The van der Waals surface area contributed by atoms with Gasteiger partial charge < -0.3 is 9.16 Å². The van der Waals surface area contributed by atoms with Gasteiger partial charge in [-0.2, -0.15) is 0 Å². The quantitative estimate of drug-likeness (QED) is 0.129. The van der Waals surface area contributed by atoms with Gasteiger partial charge in [-0.3, -0.25) is 9.59 Å². The number of carbonyl (C=O) groups is 2. The molecule has 0 radical (unpaired) electrons. The first-order valence-corrected chi connectivity index (χ1v) is 18.1. The first kappa shape index (κ1) is 34.1. The second kappa shape index (κ2) is 13.2. The average molecular weight is 608 g/mol. The summed E-state index contributed by atoms with van der Waals surface area (Å²) in [6.07, 6.45) is 2.52. The SMILES string of the molecule is COC(=O)CC(=CC(=O)CCc1c(-c2ccc(F)cc2)nc(N(C)S(C)(=O)=O)nc1C(C)C)O[Si](C)(C)C(C)(C)C. The van der Waals surface area contributed by atoms with Gasteiger partial charge in [0.25, 0.3) is 0 Å². The fourth-order valence-electron chi connectivity index (χ4n) is 3.66. The third kappa shape index (κ3) is 9.19. The first-order chi connectivity index (χ1) is 18.8. The molecule has 2 aromatic rings. The van der Waals surface area contributed by atoms with Crippen LogP contribution in [0, 0.1) is 5.82 Å². The lowest BCUT2D eigenvalue weighted by Gasteiger charge is -2.37. The third-order valence-corrected chi connectivity index (χ3v) is 12.7. The number of hydrogen-bond donors (Lipinski definition) is 0. The summed E-state index contributed by atoms with van der Waals surface area (Å²) in [5, 5.41) is -0.153. The second-order valence-electron chi connectivity index (χ2n) is 11.8. The van der Waals surface area contributed by atoms with Gasteiger partial charge in [-0.25, -0.2) is 27.1 Å². The number of halogens is 1. The number of rotatable bonds is 12. The van der Waals surface area contributed by atoms with E-state index in [-0.39, 0.29) is 47.7 Å². The van der Waals surface area contributed by atoms with Crippen LogP contribution < -0.4 is 4.31 Å². The van der Waals surface area contributed by atoms with Crippen molar-refractivity contribution in [2.75, 3.05) is 24.7 Å². The number of nitrogens with zero attached hydrogens (tertiary/aromatic N) is 3. The van der Waals surface area contributed by atoms with Crippen molar-refractivity contribution in [2.24, 2.45) is 0 Å².